The zero-order chi connectivity index (χ0) is 15.0. The third-order valence-corrected chi connectivity index (χ3v) is 4.17. The van der Waals surface area contributed by atoms with Crippen molar-refractivity contribution in [2.45, 2.75) is 5.88 Å². The molecule has 108 valence electrons. The molecule has 21 heavy (non-hydrogen) atoms. The third-order valence-electron chi connectivity index (χ3n) is 3.21. The number of hydrogen-bond acceptors (Lipinski definition) is 2. The van der Waals surface area contributed by atoms with Crippen molar-refractivity contribution in [3.05, 3.63) is 52.3 Å². The lowest BCUT2D eigenvalue weighted by Crippen LogP contribution is -2.01. The molecule has 3 nitrogen and oxygen atoms in total. The molecule has 3 aromatic rings. The largest absolute Gasteiger partial charge is 0.495 e. The van der Waals surface area contributed by atoms with Crippen molar-refractivity contribution in [1.82, 2.24) is 9.55 Å². The van der Waals surface area contributed by atoms with Gasteiger partial charge in [0.05, 0.1) is 39.8 Å². The Morgan fingerprint density at radius 2 is 1.86 bits per heavy atom. The van der Waals surface area contributed by atoms with Crippen molar-refractivity contribution >= 4 is 45.8 Å². The Bertz CT molecular complexity index is 814. The summed E-state index contributed by atoms with van der Waals surface area (Å²) in [5.74, 6) is 1.70. The topological polar surface area (TPSA) is 27.1 Å². The molecule has 0 unspecified atom stereocenters. The molecule has 0 atom stereocenters. The lowest BCUT2D eigenvalue weighted by atomic mass is 10.2. The van der Waals surface area contributed by atoms with E-state index in [1.807, 2.05) is 28.8 Å². The second-order valence-electron chi connectivity index (χ2n) is 4.42. The molecule has 0 bridgehead atoms. The van der Waals surface area contributed by atoms with Crippen LogP contribution >= 0.6 is 34.8 Å². The fraction of sp³-hybridized carbons (Fsp3) is 0.133. The van der Waals surface area contributed by atoms with Crippen molar-refractivity contribution < 1.29 is 4.74 Å². The van der Waals surface area contributed by atoms with Gasteiger partial charge in [-0.15, -0.1) is 11.6 Å². The summed E-state index contributed by atoms with van der Waals surface area (Å²) in [7, 11) is 1.63. The Labute approximate surface area is 137 Å². The number of aromatic nitrogens is 2. The number of ether oxygens (including phenoxy) is 1. The number of rotatable bonds is 3. The molecular formula is C15H11Cl3N2O. The average molecular weight is 342 g/mol. The summed E-state index contributed by atoms with van der Waals surface area (Å²) in [5.41, 5.74) is 2.44. The van der Waals surface area contributed by atoms with Crippen molar-refractivity contribution in [2.24, 2.45) is 0 Å². The minimum absolute atomic E-state index is 0.266. The van der Waals surface area contributed by atoms with E-state index in [1.54, 1.807) is 19.2 Å². The number of hydrogen-bond donors (Lipinski definition) is 0. The highest BCUT2D eigenvalue weighted by Gasteiger charge is 2.16. The van der Waals surface area contributed by atoms with E-state index in [-0.39, 0.29) is 5.88 Å². The molecule has 3 rings (SSSR count). The van der Waals surface area contributed by atoms with Gasteiger partial charge in [0.15, 0.2) is 0 Å². The van der Waals surface area contributed by atoms with Crippen molar-refractivity contribution in [1.29, 1.82) is 0 Å². The van der Waals surface area contributed by atoms with E-state index in [2.05, 4.69) is 4.98 Å². The summed E-state index contributed by atoms with van der Waals surface area (Å²) < 4.78 is 7.35. The first-order valence-corrected chi connectivity index (χ1v) is 7.50. The maximum absolute atomic E-state index is 6.14. The average Bonchev–Trinajstić information content (AvgIpc) is 2.85. The fourth-order valence-corrected chi connectivity index (χ4v) is 2.79. The highest BCUT2D eigenvalue weighted by atomic mass is 35.5. The molecule has 0 spiro atoms. The molecule has 0 fully saturated rings. The van der Waals surface area contributed by atoms with E-state index in [0.29, 0.717) is 15.9 Å². The molecule has 0 amide bonds. The van der Waals surface area contributed by atoms with E-state index in [0.717, 1.165) is 22.5 Å². The van der Waals surface area contributed by atoms with Crippen LogP contribution in [0.4, 0.5) is 0 Å². The standard InChI is InChI=1S/C15H11Cl3N2O/c1-21-14-5-3-2-4-12(14)20-13-7-10(18)9(17)6-11(13)19-15(20)8-16/h2-7H,8H2,1H3. The highest BCUT2D eigenvalue weighted by molar-refractivity contribution is 6.42. The summed E-state index contributed by atoms with van der Waals surface area (Å²) in [6.07, 6.45) is 0. The van der Waals surface area contributed by atoms with Gasteiger partial charge in [0.2, 0.25) is 0 Å². The molecule has 6 heteroatoms. The molecule has 0 saturated carbocycles. The van der Waals surface area contributed by atoms with E-state index in [1.165, 1.54) is 0 Å². The number of fused-ring (bicyclic) bond motifs is 1. The number of para-hydroxylation sites is 2. The van der Waals surface area contributed by atoms with Crippen LogP contribution in [0.2, 0.25) is 10.0 Å². The molecule has 1 heterocycles. The molecule has 0 aliphatic carbocycles. The van der Waals surface area contributed by atoms with Crippen LogP contribution in [0.15, 0.2) is 36.4 Å². The SMILES string of the molecule is COc1ccccc1-n1c(CCl)nc2cc(Cl)c(Cl)cc21. The van der Waals surface area contributed by atoms with E-state index in [9.17, 15) is 0 Å². The number of halogens is 3. The maximum Gasteiger partial charge on any atom is 0.142 e. The van der Waals surface area contributed by atoms with Crippen LogP contribution in [0.1, 0.15) is 5.82 Å². The summed E-state index contributed by atoms with van der Waals surface area (Å²) in [4.78, 5) is 4.52. The van der Waals surface area contributed by atoms with Gasteiger partial charge in [0, 0.05) is 0 Å². The van der Waals surface area contributed by atoms with E-state index in [4.69, 9.17) is 39.5 Å². The monoisotopic (exact) mass is 340 g/mol. The molecular weight excluding hydrogens is 331 g/mol. The summed E-state index contributed by atoms with van der Waals surface area (Å²) in [6, 6.07) is 11.2. The first-order valence-electron chi connectivity index (χ1n) is 6.21. The third kappa shape index (κ3) is 2.46. The van der Waals surface area contributed by atoms with Gasteiger partial charge in [-0.1, -0.05) is 35.3 Å². The predicted molar refractivity (Wildman–Crippen MR) is 87.2 cm³/mol. The van der Waals surface area contributed by atoms with Crippen molar-refractivity contribution in [3.63, 3.8) is 0 Å². The van der Waals surface area contributed by atoms with Crippen LogP contribution in [0, 0.1) is 0 Å². The van der Waals surface area contributed by atoms with Crippen molar-refractivity contribution in [2.75, 3.05) is 7.11 Å². The van der Waals surface area contributed by atoms with Crippen molar-refractivity contribution in [3.8, 4) is 11.4 Å². The summed E-state index contributed by atoms with van der Waals surface area (Å²) in [6.45, 7) is 0. The van der Waals surface area contributed by atoms with Crippen LogP contribution in [0.3, 0.4) is 0 Å². The van der Waals surface area contributed by atoms with Gasteiger partial charge in [-0.3, -0.25) is 4.57 Å². The lowest BCUT2D eigenvalue weighted by molar-refractivity contribution is 0.413. The molecule has 1 aromatic heterocycles. The minimum atomic E-state index is 0.266. The number of benzene rings is 2. The van der Waals surface area contributed by atoms with Crippen LogP contribution < -0.4 is 4.74 Å². The minimum Gasteiger partial charge on any atom is -0.495 e. The number of imidazole rings is 1. The maximum atomic E-state index is 6.14. The van der Waals surface area contributed by atoms with Gasteiger partial charge in [-0.2, -0.15) is 0 Å². The van der Waals surface area contributed by atoms with E-state index < -0.39 is 0 Å². The van der Waals surface area contributed by atoms with Gasteiger partial charge in [0.25, 0.3) is 0 Å². The molecule has 0 N–H and O–H groups in total. The predicted octanol–water partition coefficient (Wildman–Crippen LogP) is 5.08. The normalized spacial score (nSPS) is 11.0. The first-order chi connectivity index (χ1) is 10.2. The Balaban J connectivity index is 2.37. The van der Waals surface area contributed by atoms with Gasteiger partial charge >= 0.3 is 0 Å². The molecule has 0 aliphatic heterocycles. The molecule has 0 radical (unpaired) electrons. The number of methoxy groups -OCH3 is 1. The highest BCUT2D eigenvalue weighted by Crippen LogP contribution is 2.33. The second kappa shape index (κ2) is 5.76. The van der Waals surface area contributed by atoms with E-state index >= 15 is 0 Å². The zero-order valence-corrected chi connectivity index (χ0v) is 13.4. The Morgan fingerprint density at radius 3 is 2.57 bits per heavy atom. The first kappa shape index (κ1) is 14.5. The second-order valence-corrected chi connectivity index (χ2v) is 5.51. The zero-order valence-electron chi connectivity index (χ0n) is 11.1. The number of nitrogens with zero attached hydrogens (tertiary/aromatic N) is 2. The van der Waals surface area contributed by atoms with Crippen LogP contribution in [0.5, 0.6) is 5.75 Å². The Kier molecular flexibility index (Phi) is 3.98. The Hall–Kier alpha value is -1.42. The fourth-order valence-electron chi connectivity index (χ4n) is 2.30. The molecule has 0 saturated heterocycles. The molecule has 0 aliphatic rings. The van der Waals surface area contributed by atoms with Gasteiger partial charge in [0.1, 0.15) is 11.6 Å². The van der Waals surface area contributed by atoms with Gasteiger partial charge < -0.3 is 4.74 Å². The van der Waals surface area contributed by atoms with Gasteiger partial charge in [-0.25, -0.2) is 4.98 Å². The smallest absolute Gasteiger partial charge is 0.142 e. The number of alkyl halides is 1. The van der Waals surface area contributed by atoms with Crippen LogP contribution in [-0.2, 0) is 5.88 Å². The Morgan fingerprint density at radius 1 is 1.14 bits per heavy atom. The van der Waals surface area contributed by atoms with Crippen LogP contribution in [-0.4, -0.2) is 16.7 Å². The summed E-state index contributed by atoms with van der Waals surface area (Å²) >= 11 is 18.2. The quantitative estimate of drug-likeness (QED) is 0.621. The molecule has 2 aromatic carbocycles. The summed E-state index contributed by atoms with van der Waals surface area (Å²) in [5, 5.41) is 0.941. The lowest BCUT2D eigenvalue weighted by Gasteiger charge is -2.12. The van der Waals surface area contributed by atoms with Crippen LogP contribution in [0.25, 0.3) is 16.7 Å². The van der Waals surface area contributed by atoms with Gasteiger partial charge in [-0.05, 0) is 24.3 Å².